The first-order valence-electron chi connectivity index (χ1n) is 18.2. The van der Waals surface area contributed by atoms with Crippen LogP contribution in [0.25, 0.3) is 64.4 Å². The fraction of sp³-hybridized carbons (Fsp3) is 0.0400. The summed E-state index contributed by atoms with van der Waals surface area (Å²) >= 11 is 1.85. The number of furan rings is 1. The molecule has 8 aromatic carbocycles. The lowest BCUT2D eigenvalue weighted by Gasteiger charge is -2.29. The van der Waals surface area contributed by atoms with Crippen LogP contribution in [0.4, 0.5) is 17.1 Å². The van der Waals surface area contributed by atoms with E-state index in [1.54, 1.807) is 0 Å². The van der Waals surface area contributed by atoms with Crippen molar-refractivity contribution in [2.45, 2.75) is 12.3 Å². The second-order valence-electron chi connectivity index (χ2n) is 14.2. The second kappa shape index (κ2) is 11.5. The Morgan fingerprint density at radius 1 is 0.434 bits per heavy atom. The Kier molecular flexibility index (Phi) is 6.58. The summed E-state index contributed by atoms with van der Waals surface area (Å²) in [5, 5.41) is 4.89. The largest absolute Gasteiger partial charge is 0.456 e. The van der Waals surface area contributed by atoms with Crippen LogP contribution in [0.15, 0.2) is 186 Å². The van der Waals surface area contributed by atoms with Crippen molar-refractivity contribution in [3.05, 3.63) is 199 Å². The van der Waals surface area contributed by atoms with E-state index in [1.165, 1.54) is 64.5 Å². The Morgan fingerprint density at radius 3 is 1.79 bits per heavy atom. The molecule has 0 saturated heterocycles. The maximum atomic E-state index is 6.80. The summed E-state index contributed by atoms with van der Waals surface area (Å²) in [4.78, 5) is 2.36. The molecule has 11 rings (SSSR count). The lowest BCUT2D eigenvalue weighted by molar-refractivity contribution is 0.666. The minimum Gasteiger partial charge on any atom is -0.456 e. The highest BCUT2D eigenvalue weighted by Crippen LogP contribution is 2.54. The number of thiophene rings is 1. The Bertz CT molecular complexity index is 2980. The average Bonchev–Trinajstić information content (AvgIpc) is 3.87. The molecule has 0 spiro atoms. The lowest BCUT2D eigenvalue weighted by atomic mass is 9.73. The first-order chi connectivity index (χ1) is 26.1. The fourth-order valence-corrected chi connectivity index (χ4v) is 9.99. The number of rotatable bonds is 5. The van der Waals surface area contributed by atoms with Crippen molar-refractivity contribution in [1.82, 2.24) is 0 Å². The molecule has 2 nitrogen and oxygen atoms in total. The Labute approximate surface area is 311 Å². The highest BCUT2D eigenvalue weighted by Gasteiger charge is 2.42. The zero-order valence-electron chi connectivity index (χ0n) is 29.1. The van der Waals surface area contributed by atoms with Gasteiger partial charge >= 0.3 is 0 Å². The summed E-state index contributed by atoms with van der Waals surface area (Å²) < 4.78 is 9.38. The van der Waals surface area contributed by atoms with Crippen molar-refractivity contribution in [3.8, 4) is 22.3 Å². The van der Waals surface area contributed by atoms with Crippen LogP contribution in [0.1, 0.15) is 23.6 Å². The Balaban J connectivity index is 1.09. The van der Waals surface area contributed by atoms with Crippen molar-refractivity contribution in [2.75, 3.05) is 4.90 Å². The molecule has 0 amide bonds. The van der Waals surface area contributed by atoms with E-state index in [0.29, 0.717) is 0 Å². The minimum atomic E-state index is -0.325. The second-order valence-corrected chi connectivity index (χ2v) is 15.3. The molecule has 0 saturated carbocycles. The van der Waals surface area contributed by atoms with Crippen LogP contribution < -0.4 is 4.90 Å². The molecule has 0 N–H and O–H groups in total. The van der Waals surface area contributed by atoms with Gasteiger partial charge in [0, 0.05) is 59.5 Å². The SMILES string of the molecule is CC1(c2cccc3oc4cc(N(c5ccc(-c6ccccc6)cc5)c5ccc6c(c5)sc5ccccc56)ccc4c23)c2ccccc2-c2ccccc21. The molecule has 1 aliphatic rings. The Hall–Kier alpha value is -6.42. The van der Waals surface area contributed by atoms with Gasteiger partial charge in [-0.25, -0.2) is 0 Å². The Morgan fingerprint density at radius 2 is 1.02 bits per heavy atom. The summed E-state index contributed by atoms with van der Waals surface area (Å²) in [7, 11) is 0. The highest BCUT2D eigenvalue weighted by atomic mass is 32.1. The lowest BCUT2D eigenvalue weighted by Crippen LogP contribution is -2.22. The summed E-state index contributed by atoms with van der Waals surface area (Å²) in [5.74, 6) is 0. The third-order valence-electron chi connectivity index (χ3n) is 11.4. The third kappa shape index (κ3) is 4.51. The van der Waals surface area contributed by atoms with Gasteiger partial charge in [0.1, 0.15) is 11.2 Å². The fourth-order valence-electron chi connectivity index (χ4n) is 8.85. The number of hydrogen-bond donors (Lipinski definition) is 0. The van der Waals surface area contributed by atoms with E-state index in [-0.39, 0.29) is 5.41 Å². The van der Waals surface area contributed by atoms with Gasteiger partial charge in [0.15, 0.2) is 0 Å². The number of benzene rings is 8. The first kappa shape index (κ1) is 30.2. The third-order valence-corrected chi connectivity index (χ3v) is 12.5. The standard InChI is InChI=1S/C50H33NOS/c1-50(42-17-8-5-14-37(42)38-15-6-9-18-43(38)50)44-19-11-20-45-49(44)41-29-27-35(30-46(41)52-45)51(34-24-22-33(23-25-34)32-12-3-2-4-13-32)36-26-28-40-39-16-7-10-21-47(39)53-48(40)31-36/h2-31H,1H3. The molecule has 0 radical (unpaired) electrons. The minimum absolute atomic E-state index is 0.325. The maximum Gasteiger partial charge on any atom is 0.137 e. The molecule has 2 aromatic heterocycles. The van der Waals surface area contributed by atoms with Gasteiger partial charge in [-0.3, -0.25) is 0 Å². The zero-order valence-corrected chi connectivity index (χ0v) is 29.9. The normalized spacial score (nSPS) is 13.2. The van der Waals surface area contributed by atoms with E-state index in [0.717, 1.165) is 33.6 Å². The van der Waals surface area contributed by atoms with Gasteiger partial charge in [0.2, 0.25) is 0 Å². The van der Waals surface area contributed by atoms with Gasteiger partial charge in [0.05, 0.1) is 0 Å². The molecular weight excluding hydrogens is 663 g/mol. The van der Waals surface area contributed by atoms with E-state index in [2.05, 4.69) is 194 Å². The molecule has 0 fully saturated rings. The molecule has 1 aliphatic carbocycles. The van der Waals surface area contributed by atoms with Crippen LogP contribution >= 0.6 is 11.3 Å². The summed E-state index contributed by atoms with van der Waals surface area (Å²) in [6, 6.07) is 66.1. The van der Waals surface area contributed by atoms with Crippen LogP contribution in [-0.4, -0.2) is 0 Å². The van der Waals surface area contributed by atoms with E-state index >= 15 is 0 Å². The number of fused-ring (bicyclic) bond motifs is 9. The quantitative estimate of drug-likeness (QED) is 0.178. The number of nitrogens with zero attached hydrogens (tertiary/aromatic N) is 1. The molecule has 0 bridgehead atoms. The van der Waals surface area contributed by atoms with Crippen LogP contribution in [0.3, 0.4) is 0 Å². The van der Waals surface area contributed by atoms with Crippen molar-refractivity contribution in [1.29, 1.82) is 0 Å². The number of anilines is 3. The van der Waals surface area contributed by atoms with Crippen molar-refractivity contribution in [3.63, 3.8) is 0 Å². The molecule has 0 aliphatic heterocycles. The smallest absolute Gasteiger partial charge is 0.137 e. The monoisotopic (exact) mass is 695 g/mol. The van der Waals surface area contributed by atoms with Gasteiger partial charge in [-0.05, 0) is 94.4 Å². The van der Waals surface area contributed by atoms with Crippen LogP contribution in [0, 0.1) is 0 Å². The molecule has 53 heavy (non-hydrogen) atoms. The summed E-state index contributed by atoms with van der Waals surface area (Å²) in [6.07, 6.45) is 0. The summed E-state index contributed by atoms with van der Waals surface area (Å²) in [6.45, 7) is 2.38. The highest BCUT2D eigenvalue weighted by molar-refractivity contribution is 7.25. The predicted molar refractivity (Wildman–Crippen MR) is 224 cm³/mol. The van der Waals surface area contributed by atoms with Crippen LogP contribution in [0.2, 0.25) is 0 Å². The first-order valence-corrected chi connectivity index (χ1v) is 19.0. The topological polar surface area (TPSA) is 16.4 Å². The van der Waals surface area contributed by atoms with E-state index in [9.17, 15) is 0 Å². The molecule has 0 atom stereocenters. The van der Waals surface area contributed by atoms with Gasteiger partial charge < -0.3 is 9.32 Å². The molecular formula is C50H33NOS. The van der Waals surface area contributed by atoms with Gasteiger partial charge in [-0.2, -0.15) is 0 Å². The van der Waals surface area contributed by atoms with Gasteiger partial charge in [-0.1, -0.05) is 127 Å². The van der Waals surface area contributed by atoms with Crippen LogP contribution in [-0.2, 0) is 5.41 Å². The van der Waals surface area contributed by atoms with Gasteiger partial charge in [0.25, 0.3) is 0 Å². The van der Waals surface area contributed by atoms with E-state index in [1.807, 2.05) is 11.3 Å². The van der Waals surface area contributed by atoms with E-state index < -0.39 is 0 Å². The summed E-state index contributed by atoms with van der Waals surface area (Å²) in [5.41, 5.74) is 13.7. The zero-order chi connectivity index (χ0) is 35.1. The predicted octanol–water partition coefficient (Wildman–Crippen LogP) is 14.4. The van der Waals surface area contributed by atoms with Crippen molar-refractivity contribution < 1.29 is 4.42 Å². The van der Waals surface area contributed by atoms with E-state index in [4.69, 9.17) is 4.42 Å². The van der Waals surface area contributed by atoms with Crippen LogP contribution in [0.5, 0.6) is 0 Å². The van der Waals surface area contributed by atoms with Crippen molar-refractivity contribution in [2.24, 2.45) is 0 Å². The molecule has 250 valence electrons. The molecule has 0 unspecified atom stereocenters. The maximum absolute atomic E-state index is 6.80. The van der Waals surface area contributed by atoms with Gasteiger partial charge in [-0.15, -0.1) is 11.3 Å². The molecule has 3 heteroatoms. The number of hydrogen-bond acceptors (Lipinski definition) is 3. The van der Waals surface area contributed by atoms with Crippen molar-refractivity contribution >= 4 is 70.5 Å². The average molecular weight is 696 g/mol. The molecule has 10 aromatic rings. The molecule has 2 heterocycles.